The number of aliphatic imine (C=N–C) groups is 1. The number of methoxy groups -OCH3 is 1. The number of alkyl halides is 1. The van der Waals surface area contributed by atoms with Crippen molar-refractivity contribution in [2.24, 2.45) is 10.7 Å². The molecule has 0 bridgehead atoms. The summed E-state index contributed by atoms with van der Waals surface area (Å²) >= 11 is 5.92. The predicted molar refractivity (Wildman–Crippen MR) is 83.8 cm³/mol. The summed E-state index contributed by atoms with van der Waals surface area (Å²) in [5.74, 6) is 0.953. The number of carbonyl (C=O) groups excluding carboxylic acids is 1. The summed E-state index contributed by atoms with van der Waals surface area (Å²) in [5.41, 5.74) is 6.39. The van der Waals surface area contributed by atoms with Gasteiger partial charge in [-0.1, -0.05) is 24.3 Å². The monoisotopic (exact) mass is 306 g/mol. The molecule has 1 aliphatic heterocycles. The Hall–Kier alpha value is -2.27. The standard InChI is InChI=1S/C13H10ClNO.C2H5NO2/c14-6-8-7-15-11-5-12(16)9-3-1-2-4-10(9)13(8)11;1-5-2(3)4/h1-5,7-8,16H,6H2;1H3,(H2,3,4)/t8-;/m1./s1. The van der Waals surface area contributed by atoms with Gasteiger partial charge in [0.1, 0.15) is 5.75 Å². The molecule has 1 heterocycles. The van der Waals surface area contributed by atoms with E-state index in [9.17, 15) is 9.90 Å². The van der Waals surface area contributed by atoms with E-state index in [2.05, 4.69) is 15.5 Å². The lowest BCUT2D eigenvalue weighted by molar-refractivity contribution is 0.182. The summed E-state index contributed by atoms with van der Waals surface area (Å²) in [6.07, 6.45) is 1.11. The SMILES string of the molecule is COC(N)=O.Oc1cc2c(c3ccccc13)[C@H](CCl)C=N2. The normalized spacial score (nSPS) is 15.2. The van der Waals surface area contributed by atoms with Crippen molar-refractivity contribution in [2.45, 2.75) is 5.92 Å². The maximum absolute atomic E-state index is 9.89. The van der Waals surface area contributed by atoms with E-state index in [0.717, 1.165) is 22.0 Å². The van der Waals surface area contributed by atoms with Gasteiger partial charge in [0.15, 0.2) is 0 Å². The van der Waals surface area contributed by atoms with Crippen molar-refractivity contribution in [2.75, 3.05) is 13.0 Å². The topological polar surface area (TPSA) is 84.9 Å². The second-order valence-corrected chi connectivity index (χ2v) is 4.74. The van der Waals surface area contributed by atoms with Crippen molar-refractivity contribution in [3.63, 3.8) is 0 Å². The first-order valence-electron chi connectivity index (χ1n) is 6.26. The van der Waals surface area contributed by atoms with Crippen LogP contribution in [0.2, 0.25) is 0 Å². The number of benzene rings is 2. The minimum Gasteiger partial charge on any atom is -0.507 e. The van der Waals surface area contributed by atoms with Crippen molar-refractivity contribution in [1.82, 2.24) is 0 Å². The Morgan fingerprint density at radius 1 is 1.43 bits per heavy atom. The number of primary amides is 1. The van der Waals surface area contributed by atoms with E-state index in [1.807, 2.05) is 30.5 Å². The molecule has 0 fully saturated rings. The molecule has 1 aliphatic rings. The zero-order valence-electron chi connectivity index (χ0n) is 11.4. The zero-order valence-corrected chi connectivity index (χ0v) is 12.2. The van der Waals surface area contributed by atoms with Crippen LogP contribution in [0.1, 0.15) is 11.5 Å². The largest absolute Gasteiger partial charge is 0.507 e. The first-order valence-corrected chi connectivity index (χ1v) is 6.80. The van der Waals surface area contributed by atoms with Gasteiger partial charge in [-0.2, -0.15) is 0 Å². The van der Waals surface area contributed by atoms with Crippen LogP contribution in [0.25, 0.3) is 10.8 Å². The van der Waals surface area contributed by atoms with Gasteiger partial charge in [0.2, 0.25) is 0 Å². The lowest BCUT2D eigenvalue weighted by atomic mass is 9.95. The number of aromatic hydroxyl groups is 1. The number of nitrogens with zero attached hydrogens (tertiary/aromatic N) is 1. The average Bonchev–Trinajstić information content (AvgIpc) is 2.91. The first kappa shape index (κ1) is 15.1. The van der Waals surface area contributed by atoms with Gasteiger partial charge in [0, 0.05) is 29.5 Å². The third-order valence-electron chi connectivity index (χ3n) is 3.17. The van der Waals surface area contributed by atoms with Crippen LogP contribution >= 0.6 is 11.6 Å². The quantitative estimate of drug-likeness (QED) is 0.793. The molecule has 21 heavy (non-hydrogen) atoms. The van der Waals surface area contributed by atoms with Crippen LogP contribution in [0.4, 0.5) is 10.5 Å². The molecule has 0 spiro atoms. The summed E-state index contributed by atoms with van der Waals surface area (Å²) in [5, 5.41) is 11.8. The number of ether oxygens (including phenoxy) is 1. The molecule has 2 aromatic rings. The Morgan fingerprint density at radius 2 is 2.05 bits per heavy atom. The molecule has 6 heteroatoms. The van der Waals surface area contributed by atoms with Crippen molar-refractivity contribution >= 4 is 40.4 Å². The van der Waals surface area contributed by atoms with E-state index in [0.29, 0.717) is 5.88 Å². The molecular weight excluding hydrogens is 292 g/mol. The smallest absolute Gasteiger partial charge is 0.404 e. The van der Waals surface area contributed by atoms with E-state index in [1.54, 1.807) is 6.07 Å². The van der Waals surface area contributed by atoms with E-state index in [-0.39, 0.29) is 11.7 Å². The van der Waals surface area contributed by atoms with Crippen LogP contribution in [0.3, 0.4) is 0 Å². The van der Waals surface area contributed by atoms with Gasteiger partial charge in [-0.25, -0.2) is 4.79 Å². The second kappa shape index (κ2) is 6.45. The van der Waals surface area contributed by atoms with Gasteiger partial charge in [0.25, 0.3) is 0 Å². The van der Waals surface area contributed by atoms with E-state index < -0.39 is 6.09 Å². The lowest BCUT2D eigenvalue weighted by Gasteiger charge is -2.10. The summed E-state index contributed by atoms with van der Waals surface area (Å²) in [6, 6.07) is 9.50. The Labute approximate surface area is 127 Å². The Balaban J connectivity index is 0.000000282. The fraction of sp³-hybridized carbons (Fsp3) is 0.200. The second-order valence-electron chi connectivity index (χ2n) is 4.44. The summed E-state index contributed by atoms with van der Waals surface area (Å²) in [4.78, 5) is 13.7. The minimum absolute atomic E-state index is 0.155. The van der Waals surface area contributed by atoms with Crippen LogP contribution in [0, 0.1) is 0 Å². The molecule has 0 saturated carbocycles. The third kappa shape index (κ3) is 3.08. The number of nitrogens with two attached hydrogens (primary N) is 1. The highest BCUT2D eigenvalue weighted by atomic mass is 35.5. The zero-order chi connectivity index (χ0) is 15.4. The highest BCUT2D eigenvalue weighted by Gasteiger charge is 2.22. The molecule has 2 aromatic carbocycles. The highest BCUT2D eigenvalue weighted by molar-refractivity contribution is 6.20. The number of amides is 1. The van der Waals surface area contributed by atoms with Crippen molar-refractivity contribution < 1.29 is 14.6 Å². The first-order chi connectivity index (χ1) is 10.1. The fourth-order valence-electron chi connectivity index (χ4n) is 2.22. The summed E-state index contributed by atoms with van der Waals surface area (Å²) < 4.78 is 3.89. The Morgan fingerprint density at radius 3 is 2.62 bits per heavy atom. The van der Waals surface area contributed by atoms with Gasteiger partial charge in [-0.15, -0.1) is 11.6 Å². The number of hydrogen-bond donors (Lipinski definition) is 2. The van der Waals surface area contributed by atoms with E-state index >= 15 is 0 Å². The number of hydrogen-bond acceptors (Lipinski definition) is 4. The maximum atomic E-state index is 9.89. The van der Waals surface area contributed by atoms with Crippen molar-refractivity contribution in [3.05, 3.63) is 35.9 Å². The molecule has 3 rings (SSSR count). The number of halogens is 1. The van der Waals surface area contributed by atoms with Crippen LogP contribution in [0.5, 0.6) is 5.75 Å². The fourth-order valence-corrected chi connectivity index (χ4v) is 2.46. The molecule has 0 saturated heterocycles. The molecule has 5 nitrogen and oxygen atoms in total. The van der Waals surface area contributed by atoms with Gasteiger partial charge in [0.05, 0.1) is 12.8 Å². The Kier molecular flexibility index (Phi) is 4.65. The van der Waals surface area contributed by atoms with E-state index in [1.165, 1.54) is 7.11 Å². The Bertz CT molecular complexity index is 701. The highest BCUT2D eigenvalue weighted by Crippen LogP contribution is 2.42. The van der Waals surface area contributed by atoms with Gasteiger partial charge < -0.3 is 15.6 Å². The van der Waals surface area contributed by atoms with Crippen molar-refractivity contribution in [1.29, 1.82) is 0 Å². The average molecular weight is 307 g/mol. The molecule has 0 aliphatic carbocycles. The molecule has 110 valence electrons. The molecule has 3 N–H and O–H groups in total. The molecule has 0 aromatic heterocycles. The molecule has 0 unspecified atom stereocenters. The number of phenols is 1. The summed E-state index contributed by atoms with van der Waals surface area (Å²) in [7, 11) is 1.22. The third-order valence-corrected chi connectivity index (χ3v) is 3.51. The molecule has 0 radical (unpaired) electrons. The van der Waals surface area contributed by atoms with Crippen LogP contribution < -0.4 is 5.73 Å². The number of rotatable bonds is 1. The lowest BCUT2D eigenvalue weighted by Crippen LogP contribution is -2.08. The van der Waals surface area contributed by atoms with Crippen LogP contribution in [-0.4, -0.2) is 30.4 Å². The number of carbonyl (C=O) groups is 1. The van der Waals surface area contributed by atoms with Crippen LogP contribution in [-0.2, 0) is 4.74 Å². The summed E-state index contributed by atoms with van der Waals surface area (Å²) in [6.45, 7) is 0. The predicted octanol–water partition coefficient (Wildman–Crippen LogP) is 3.30. The van der Waals surface area contributed by atoms with Crippen LogP contribution in [0.15, 0.2) is 35.3 Å². The molecule has 1 atom stereocenters. The minimum atomic E-state index is -0.745. The van der Waals surface area contributed by atoms with E-state index in [4.69, 9.17) is 11.6 Å². The van der Waals surface area contributed by atoms with Crippen molar-refractivity contribution in [3.8, 4) is 5.75 Å². The number of phenolic OH excluding ortho intramolecular Hbond substituents is 1. The maximum Gasteiger partial charge on any atom is 0.404 e. The molecule has 1 amide bonds. The van der Waals surface area contributed by atoms with Gasteiger partial charge >= 0.3 is 6.09 Å². The number of fused-ring (bicyclic) bond motifs is 3. The van der Waals surface area contributed by atoms with Gasteiger partial charge in [-0.3, -0.25) is 4.99 Å². The molecular formula is C15H15ClN2O3. The van der Waals surface area contributed by atoms with Gasteiger partial charge in [-0.05, 0) is 10.9 Å².